The van der Waals surface area contributed by atoms with Crippen molar-refractivity contribution in [3.8, 4) is 11.6 Å². The fourth-order valence-electron chi connectivity index (χ4n) is 3.28. The van der Waals surface area contributed by atoms with Gasteiger partial charge in [0.1, 0.15) is 18.2 Å². The summed E-state index contributed by atoms with van der Waals surface area (Å²) >= 11 is 1.17. The SMILES string of the molecule is COc1cc(C(=O)NC(C)(C)COc2cccc3c2C(N)=NSN3)c2ccccc2n1. The molecule has 2 aromatic carbocycles. The lowest BCUT2D eigenvalue weighted by atomic mass is 10.0. The minimum atomic E-state index is -0.667. The average Bonchev–Trinajstić information content (AvgIpc) is 2.76. The highest BCUT2D eigenvalue weighted by Gasteiger charge is 2.25. The second kappa shape index (κ2) is 8.35. The van der Waals surface area contributed by atoms with Crippen LogP contribution in [0.1, 0.15) is 29.8 Å². The number of nitrogens with one attached hydrogen (secondary N) is 2. The van der Waals surface area contributed by atoms with Crippen LogP contribution in [0.2, 0.25) is 0 Å². The van der Waals surface area contributed by atoms with Crippen molar-refractivity contribution in [1.29, 1.82) is 0 Å². The van der Waals surface area contributed by atoms with E-state index in [1.165, 1.54) is 19.2 Å². The van der Waals surface area contributed by atoms with Gasteiger partial charge in [-0.1, -0.05) is 24.3 Å². The first-order valence-electron chi connectivity index (χ1n) is 9.66. The smallest absolute Gasteiger partial charge is 0.252 e. The van der Waals surface area contributed by atoms with Crippen molar-refractivity contribution in [1.82, 2.24) is 10.3 Å². The van der Waals surface area contributed by atoms with Crippen molar-refractivity contribution in [3.05, 3.63) is 59.7 Å². The highest BCUT2D eigenvalue weighted by Crippen LogP contribution is 2.32. The van der Waals surface area contributed by atoms with Crippen LogP contribution in [0.5, 0.6) is 11.6 Å². The van der Waals surface area contributed by atoms with Gasteiger partial charge in [0.05, 0.1) is 47.1 Å². The monoisotopic (exact) mass is 437 g/mol. The van der Waals surface area contributed by atoms with Crippen LogP contribution in [-0.4, -0.2) is 36.0 Å². The summed E-state index contributed by atoms with van der Waals surface area (Å²) in [5, 5.41) is 3.80. The highest BCUT2D eigenvalue weighted by molar-refractivity contribution is 7.99. The van der Waals surface area contributed by atoms with Crippen molar-refractivity contribution in [2.75, 3.05) is 18.4 Å². The number of ether oxygens (including phenoxy) is 2. The molecule has 0 saturated heterocycles. The number of pyridine rings is 1. The van der Waals surface area contributed by atoms with Crippen molar-refractivity contribution >= 4 is 40.5 Å². The van der Waals surface area contributed by atoms with E-state index in [0.717, 1.165) is 11.1 Å². The van der Waals surface area contributed by atoms with Crippen LogP contribution in [0.25, 0.3) is 10.9 Å². The Morgan fingerprint density at radius 2 is 2.03 bits per heavy atom. The number of fused-ring (bicyclic) bond motifs is 2. The summed E-state index contributed by atoms with van der Waals surface area (Å²) in [6.07, 6.45) is 0. The number of anilines is 1. The summed E-state index contributed by atoms with van der Waals surface area (Å²) in [4.78, 5) is 17.5. The maximum absolute atomic E-state index is 13.1. The molecule has 1 aliphatic heterocycles. The Hall–Kier alpha value is -3.46. The van der Waals surface area contributed by atoms with Crippen LogP contribution >= 0.6 is 12.1 Å². The van der Waals surface area contributed by atoms with Crippen LogP contribution < -0.4 is 25.2 Å². The van der Waals surface area contributed by atoms with E-state index in [2.05, 4.69) is 19.4 Å². The summed E-state index contributed by atoms with van der Waals surface area (Å²) in [5.74, 6) is 1.14. The number of nitrogens with two attached hydrogens (primary N) is 1. The second-order valence-electron chi connectivity index (χ2n) is 7.70. The Kier molecular flexibility index (Phi) is 5.60. The van der Waals surface area contributed by atoms with E-state index < -0.39 is 5.54 Å². The Balaban J connectivity index is 1.54. The van der Waals surface area contributed by atoms with Crippen molar-refractivity contribution in [2.24, 2.45) is 10.1 Å². The van der Waals surface area contributed by atoms with Gasteiger partial charge in [0.2, 0.25) is 5.88 Å². The Morgan fingerprint density at radius 1 is 1.23 bits per heavy atom. The van der Waals surface area contributed by atoms with Gasteiger partial charge in [-0.3, -0.25) is 4.79 Å². The molecule has 0 bridgehead atoms. The van der Waals surface area contributed by atoms with Crippen LogP contribution in [0.15, 0.2) is 52.9 Å². The van der Waals surface area contributed by atoms with Gasteiger partial charge in [-0.2, -0.15) is 4.40 Å². The molecule has 8 nitrogen and oxygen atoms in total. The zero-order valence-electron chi connectivity index (χ0n) is 17.4. The van der Waals surface area contributed by atoms with Crippen LogP contribution in [0.3, 0.4) is 0 Å². The number of aromatic nitrogens is 1. The van der Waals surface area contributed by atoms with Crippen molar-refractivity contribution < 1.29 is 14.3 Å². The van der Waals surface area contributed by atoms with Gasteiger partial charge in [0, 0.05) is 11.5 Å². The molecule has 31 heavy (non-hydrogen) atoms. The molecule has 2 heterocycles. The van der Waals surface area contributed by atoms with Crippen LogP contribution in [0, 0.1) is 0 Å². The Bertz CT molecular complexity index is 1180. The maximum atomic E-state index is 13.1. The minimum Gasteiger partial charge on any atom is -0.490 e. The molecule has 3 aromatic rings. The van der Waals surface area contributed by atoms with Crippen molar-refractivity contribution in [3.63, 3.8) is 0 Å². The Morgan fingerprint density at radius 3 is 2.84 bits per heavy atom. The van der Waals surface area contributed by atoms with E-state index in [-0.39, 0.29) is 12.5 Å². The number of carbonyl (C=O) groups is 1. The first kappa shape index (κ1) is 20.8. The number of hydrogen-bond donors (Lipinski definition) is 3. The number of amidine groups is 1. The second-order valence-corrected chi connectivity index (χ2v) is 8.27. The fraction of sp³-hybridized carbons (Fsp3) is 0.227. The van der Waals surface area contributed by atoms with Crippen LogP contribution in [0.4, 0.5) is 5.69 Å². The molecular weight excluding hydrogens is 414 g/mol. The molecule has 0 unspecified atom stereocenters. The average molecular weight is 438 g/mol. The molecule has 1 aliphatic rings. The molecule has 160 valence electrons. The topological polar surface area (TPSA) is 111 Å². The largest absolute Gasteiger partial charge is 0.490 e. The molecule has 0 saturated carbocycles. The van der Waals surface area contributed by atoms with E-state index in [4.69, 9.17) is 15.2 Å². The molecule has 9 heteroatoms. The third kappa shape index (κ3) is 4.36. The normalized spacial score (nSPS) is 13.1. The molecule has 1 aromatic heterocycles. The molecule has 1 amide bonds. The third-order valence-electron chi connectivity index (χ3n) is 4.77. The number of methoxy groups -OCH3 is 1. The fourth-order valence-corrected chi connectivity index (χ4v) is 3.78. The number of carbonyl (C=O) groups excluding carboxylic acids is 1. The number of benzene rings is 2. The van der Waals surface area contributed by atoms with Gasteiger partial charge < -0.3 is 25.2 Å². The molecule has 4 N–H and O–H groups in total. The number of hydrogen-bond acceptors (Lipinski definition) is 8. The third-order valence-corrected chi connectivity index (χ3v) is 5.37. The van der Waals surface area contributed by atoms with E-state index in [9.17, 15) is 4.79 Å². The van der Waals surface area contributed by atoms with E-state index in [1.54, 1.807) is 6.07 Å². The molecule has 0 radical (unpaired) electrons. The Labute approximate surface area is 184 Å². The molecule has 0 atom stereocenters. The number of rotatable bonds is 6. The minimum absolute atomic E-state index is 0.232. The van der Waals surface area contributed by atoms with Gasteiger partial charge in [-0.15, -0.1) is 0 Å². The van der Waals surface area contributed by atoms with Crippen LogP contribution in [-0.2, 0) is 0 Å². The van der Waals surface area contributed by atoms with Gasteiger partial charge in [-0.25, -0.2) is 4.98 Å². The standard InChI is InChI=1S/C22H23N5O3S/c1-22(2,12-30-17-10-6-9-16-19(17)20(23)27-31-26-16)25-21(28)14-11-18(29-3)24-15-8-5-4-7-13(14)15/h4-11,26H,12H2,1-3H3,(H2,23,27)(H,25,28). The van der Waals surface area contributed by atoms with Gasteiger partial charge >= 0.3 is 0 Å². The van der Waals surface area contributed by atoms with Gasteiger partial charge in [0.15, 0.2) is 0 Å². The summed E-state index contributed by atoms with van der Waals surface area (Å²) < 4.78 is 18.5. The van der Waals surface area contributed by atoms with E-state index >= 15 is 0 Å². The zero-order chi connectivity index (χ0) is 22.0. The van der Waals surface area contributed by atoms with Gasteiger partial charge in [0.25, 0.3) is 5.91 Å². The quantitative estimate of drug-likeness (QED) is 0.506. The first-order valence-corrected chi connectivity index (χ1v) is 10.4. The lowest BCUT2D eigenvalue weighted by molar-refractivity contribution is 0.0882. The zero-order valence-corrected chi connectivity index (χ0v) is 18.2. The highest BCUT2D eigenvalue weighted by atomic mass is 32.2. The molecule has 4 rings (SSSR count). The van der Waals surface area contributed by atoms with Gasteiger partial charge in [-0.05, 0) is 32.0 Å². The van der Waals surface area contributed by atoms with E-state index in [0.29, 0.717) is 34.1 Å². The molecule has 0 aliphatic carbocycles. The molecular formula is C22H23N5O3S. The summed E-state index contributed by atoms with van der Waals surface area (Å²) in [6.45, 7) is 4.02. The summed E-state index contributed by atoms with van der Waals surface area (Å²) in [5.41, 5.74) is 8.12. The summed E-state index contributed by atoms with van der Waals surface area (Å²) in [6, 6.07) is 14.7. The lowest BCUT2D eigenvalue weighted by Gasteiger charge is -2.28. The number of para-hydroxylation sites is 1. The summed E-state index contributed by atoms with van der Waals surface area (Å²) in [7, 11) is 1.53. The first-order chi connectivity index (χ1) is 14.9. The van der Waals surface area contributed by atoms with E-state index in [1.807, 2.05) is 56.3 Å². The lowest BCUT2D eigenvalue weighted by Crippen LogP contribution is -2.48. The predicted octanol–water partition coefficient (Wildman–Crippen LogP) is 3.52. The maximum Gasteiger partial charge on any atom is 0.252 e. The molecule has 0 fully saturated rings. The number of nitrogens with zero attached hydrogens (tertiary/aromatic N) is 2. The predicted molar refractivity (Wildman–Crippen MR) is 124 cm³/mol. The molecule has 0 spiro atoms. The van der Waals surface area contributed by atoms with Crippen molar-refractivity contribution in [2.45, 2.75) is 19.4 Å². The number of amides is 1.